The minimum absolute atomic E-state index is 0.940. The maximum atomic E-state index is 2.60. The number of halogens is 2. The Kier molecular flexibility index (Phi) is 10.8. The molecule has 0 amide bonds. The molecule has 2 heteroatoms. The quantitative estimate of drug-likeness (QED) is 0.345. The van der Waals surface area contributed by atoms with Crippen LogP contribution >= 0.6 is 45.2 Å². The van der Waals surface area contributed by atoms with Gasteiger partial charge in [-0.3, -0.25) is 0 Å². The Balaban J connectivity index is 3.02. The molecule has 0 nitrogen and oxygen atoms in total. The van der Waals surface area contributed by atoms with E-state index in [4.69, 9.17) is 0 Å². The maximum Gasteiger partial charge on any atom is 0.0110 e. The van der Waals surface area contributed by atoms with E-state index >= 15 is 0 Å². The molecule has 0 heterocycles. The second-order valence-corrected chi connectivity index (χ2v) is 5.76. The van der Waals surface area contributed by atoms with Gasteiger partial charge in [-0.2, -0.15) is 0 Å². The standard InChI is InChI=1S/C9H18I2/c1-2-3-6-9(11)7-4-5-8-10/h9H,2-8H2,1H3. The molecule has 0 rings (SSSR count). The number of hydrogen-bond acceptors (Lipinski definition) is 0. The van der Waals surface area contributed by atoms with Crippen LogP contribution in [0.5, 0.6) is 0 Å². The fraction of sp³-hybridized carbons (Fsp3) is 1.00. The lowest BCUT2D eigenvalue weighted by molar-refractivity contribution is 0.634. The zero-order valence-electron chi connectivity index (χ0n) is 7.28. The van der Waals surface area contributed by atoms with Crippen LogP contribution in [0.4, 0.5) is 0 Å². The predicted molar refractivity (Wildman–Crippen MR) is 70.1 cm³/mol. The molecule has 0 aromatic rings. The molecule has 0 saturated heterocycles. The molecule has 1 atom stereocenters. The molecule has 0 aromatic heterocycles. The number of alkyl halides is 2. The molecule has 0 bridgehead atoms. The van der Waals surface area contributed by atoms with Crippen molar-refractivity contribution in [1.82, 2.24) is 0 Å². The van der Waals surface area contributed by atoms with Crippen molar-refractivity contribution in [2.24, 2.45) is 0 Å². The van der Waals surface area contributed by atoms with Crippen LogP contribution in [-0.4, -0.2) is 8.35 Å². The molecule has 0 radical (unpaired) electrons. The van der Waals surface area contributed by atoms with Gasteiger partial charge in [0.05, 0.1) is 0 Å². The fourth-order valence-electron chi connectivity index (χ4n) is 1.03. The van der Waals surface area contributed by atoms with E-state index in [2.05, 4.69) is 52.1 Å². The Morgan fingerprint density at radius 3 is 2.27 bits per heavy atom. The summed E-state index contributed by atoms with van der Waals surface area (Å²) in [6, 6.07) is 0. The molecule has 0 fully saturated rings. The molecule has 11 heavy (non-hydrogen) atoms. The number of unbranched alkanes of at least 4 members (excludes halogenated alkanes) is 2. The first-order valence-corrected chi connectivity index (χ1v) is 7.28. The Bertz CT molecular complexity index is 74.0. The monoisotopic (exact) mass is 380 g/mol. The van der Waals surface area contributed by atoms with Crippen molar-refractivity contribution in [3.05, 3.63) is 0 Å². The van der Waals surface area contributed by atoms with Gasteiger partial charge < -0.3 is 0 Å². The lowest BCUT2D eigenvalue weighted by atomic mass is 10.1. The topological polar surface area (TPSA) is 0 Å². The fourth-order valence-corrected chi connectivity index (χ4v) is 2.45. The van der Waals surface area contributed by atoms with E-state index in [0.29, 0.717) is 0 Å². The molecule has 0 aromatic carbocycles. The zero-order valence-corrected chi connectivity index (χ0v) is 11.6. The van der Waals surface area contributed by atoms with Crippen LogP contribution < -0.4 is 0 Å². The van der Waals surface area contributed by atoms with Gasteiger partial charge in [0.2, 0.25) is 0 Å². The second kappa shape index (κ2) is 9.55. The highest BCUT2D eigenvalue weighted by molar-refractivity contribution is 14.1. The SMILES string of the molecule is CCCCC(I)CCCCI. The highest BCUT2D eigenvalue weighted by Crippen LogP contribution is 2.17. The first-order chi connectivity index (χ1) is 5.31. The summed E-state index contributed by atoms with van der Waals surface area (Å²) in [7, 11) is 0. The van der Waals surface area contributed by atoms with Crippen LogP contribution in [0.25, 0.3) is 0 Å². The van der Waals surface area contributed by atoms with Crippen molar-refractivity contribution in [2.75, 3.05) is 4.43 Å². The molecular formula is C9H18I2. The lowest BCUT2D eigenvalue weighted by Crippen LogP contribution is -1.97. The van der Waals surface area contributed by atoms with Gasteiger partial charge in [-0.1, -0.05) is 71.4 Å². The van der Waals surface area contributed by atoms with Gasteiger partial charge in [0, 0.05) is 3.92 Å². The van der Waals surface area contributed by atoms with E-state index < -0.39 is 0 Å². The average Bonchev–Trinajstić information content (AvgIpc) is 2.01. The van der Waals surface area contributed by atoms with E-state index in [1.165, 1.54) is 43.0 Å². The first-order valence-electron chi connectivity index (χ1n) is 4.51. The summed E-state index contributed by atoms with van der Waals surface area (Å²) in [6.45, 7) is 2.27. The second-order valence-electron chi connectivity index (χ2n) is 2.92. The van der Waals surface area contributed by atoms with Crippen LogP contribution in [-0.2, 0) is 0 Å². The van der Waals surface area contributed by atoms with Crippen molar-refractivity contribution >= 4 is 45.2 Å². The van der Waals surface area contributed by atoms with Gasteiger partial charge in [0.15, 0.2) is 0 Å². The van der Waals surface area contributed by atoms with Crippen LogP contribution in [0.2, 0.25) is 0 Å². The molecule has 1 unspecified atom stereocenters. The molecule has 0 aliphatic rings. The minimum atomic E-state index is 0.940. The van der Waals surface area contributed by atoms with Crippen molar-refractivity contribution in [3.8, 4) is 0 Å². The maximum absolute atomic E-state index is 2.60. The van der Waals surface area contributed by atoms with Gasteiger partial charge in [0.1, 0.15) is 0 Å². The van der Waals surface area contributed by atoms with Crippen LogP contribution in [0.1, 0.15) is 45.4 Å². The number of hydrogen-bond donors (Lipinski definition) is 0. The lowest BCUT2D eigenvalue weighted by Gasteiger charge is -2.07. The van der Waals surface area contributed by atoms with E-state index in [1.807, 2.05) is 0 Å². The minimum Gasteiger partial charge on any atom is -0.0864 e. The van der Waals surface area contributed by atoms with Gasteiger partial charge in [-0.25, -0.2) is 0 Å². The summed E-state index contributed by atoms with van der Waals surface area (Å²) in [5.41, 5.74) is 0. The van der Waals surface area contributed by atoms with Crippen molar-refractivity contribution in [3.63, 3.8) is 0 Å². The predicted octanol–water partition coefficient (Wildman–Crippen LogP) is 4.59. The van der Waals surface area contributed by atoms with Gasteiger partial charge >= 0.3 is 0 Å². The summed E-state index contributed by atoms with van der Waals surface area (Å²) < 4.78 is 2.27. The Morgan fingerprint density at radius 2 is 1.73 bits per heavy atom. The van der Waals surface area contributed by atoms with Crippen molar-refractivity contribution < 1.29 is 0 Å². The summed E-state index contributed by atoms with van der Waals surface area (Å²) in [4.78, 5) is 0. The third-order valence-corrected chi connectivity index (χ3v) is 3.78. The molecule has 0 spiro atoms. The first kappa shape index (κ1) is 12.5. The molecular weight excluding hydrogens is 362 g/mol. The molecule has 0 aliphatic carbocycles. The average molecular weight is 380 g/mol. The molecule has 0 aliphatic heterocycles. The van der Waals surface area contributed by atoms with Gasteiger partial charge in [0.25, 0.3) is 0 Å². The van der Waals surface area contributed by atoms with Gasteiger partial charge in [-0.15, -0.1) is 0 Å². The van der Waals surface area contributed by atoms with E-state index in [0.717, 1.165) is 3.92 Å². The van der Waals surface area contributed by atoms with E-state index in [9.17, 15) is 0 Å². The van der Waals surface area contributed by atoms with Crippen molar-refractivity contribution in [2.45, 2.75) is 49.4 Å². The Labute approximate surface area is 98.2 Å². The van der Waals surface area contributed by atoms with Crippen molar-refractivity contribution in [1.29, 1.82) is 0 Å². The molecule has 68 valence electrons. The number of rotatable bonds is 7. The largest absolute Gasteiger partial charge is 0.0864 e. The summed E-state index contributed by atoms with van der Waals surface area (Å²) in [5, 5.41) is 0. The van der Waals surface area contributed by atoms with Crippen LogP contribution in [0.3, 0.4) is 0 Å². The van der Waals surface area contributed by atoms with Crippen LogP contribution in [0, 0.1) is 0 Å². The summed E-state index contributed by atoms with van der Waals surface area (Å²) in [5.74, 6) is 0. The molecule has 0 saturated carbocycles. The normalized spacial score (nSPS) is 13.4. The van der Waals surface area contributed by atoms with E-state index in [1.54, 1.807) is 0 Å². The summed E-state index contributed by atoms with van der Waals surface area (Å²) in [6.07, 6.45) is 8.47. The van der Waals surface area contributed by atoms with E-state index in [-0.39, 0.29) is 0 Å². The summed E-state index contributed by atoms with van der Waals surface area (Å²) >= 11 is 5.06. The zero-order chi connectivity index (χ0) is 8.53. The smallest absolute Gasteiger partial charge is 0.0110 e. The van der Waals surface area contributed by atoms with Crippen LogP contribution in [0.15, 0.2) is 0 Å². The Hall–Kier alpha value is 1.46. The van der Waals surface area contributed by atoms with Gasteiger partial charge in [-0.05, 0) is 23.7 Å². The third-order valence-electron chi connectivity index (χ3n) is 1.77. The third kappa shape index (κ3) is 9.37. The highest BCUT2D eigenvalue weighted by atomic mass is 127. The Morgan fingerprint density at radius 1 is 1.09 bits per heavy atom. The molecule has 0 N–H and O–H groups in total. The highest BCUT2D eigenvalue weighted by Gasteiger charge is 2.01.